The molecule has 20 heavy (non-hydrogen) atoms. The second kappa shape index (κ2) is 5.74. The van der Waals surface area contributed by atoms with Crippen LogP contribution in [0.1, 0.15) is 49.9 Å². The second-order valence-electron chi connectivity index (χ2n) is 6.08. The van der Waals surface area contributed by atoms with Crippen molar-refractivity contribution in [2.75, 3.05) is 0 Å². The van der Waals surface area contributed by atoms with Crippen LogP contribution >= 0.6 is 0 Å². The maximum Gasteiger partial charge on any atom is 0.180 e. The van der Waals surface area contributed by atoms with E-state index in [-0.39, 0.29) is 17.5 Å². The highest BCUT2D eigenvalue weighted by Crippen LogP contribution is 2.46. The highest BCUT2D eigenvalue weighted by Gasteiger charge is 2.49. The highest BCUT2D eigenvalue weighted by atomic mass is 16.2. The fourth-order valence-electron chi connectivity index (χ4n) is 3.08. The van der Waals surface area contributed by atoms with Crippen molar-refractivity contribution in [3.8, 4) is 0 Å². The number of hydrogen-bond acceptors (Lipinski definition) is 2. The highest BCUT2D eigenvalue weighted by molar-refractivity contribution is 6.17. The van der Waals surface area contributed by atoms with Gasteiger partial charge in [-0.15, -0.1) is 0 Å². The zero-order chi connectivity index (χ0) is 14.8. The fourth-order valence-corrected chi connectivity index (χ4v) is 3.08. The number of hydrogen-bond donors (Lipinski definition) is 0. The first kappa shape index (κ1) is 14.7. The predicted octanol–water partition coefficient (Wildman–Crippen LogP) is 4.21. The third-order valence-corrected chi connectivity index (χ3v) is 4.13. The van der Waals surface area contributed by atoms with Crippen molar-refractivity contribution in [2.24, 2.45) is 11.3 Å². The van der Waals surface area contributed by atoms with E-state index in [0.29, 0.717) is 18.4 Å². The number of carbonyl (C=O) groups is 2. The van der Waals surface area contributed by atoms with Crippen molar-refractivity contribution < 1.29 is 9.59 Å². The smallest absolute Gasteiger partial charge is 0.180 e. The molecule has 1 atom stereocenters. The summed E-state index contributed by atoms with van der Waals surface area (Å²) in [5.74, 6) is 0.242. The predicted molar refractivity (Wildman–Crippen MR) is 80.7 cm³/mol. The van der Waals surface area contributed by atoms with E-state index in [0.717, 1.165) is 18.4 Å². The number of rotatable bonds is 5. The molecule has 1 aromatic rings. The Hall–Kier alpha value is -1.70. The molecule has 1 aliphatic rings. The van der Waals surface area contributed by atoms with Crippen LogP contribution in [0.25, 0.3) is 0 Å². The molecular formula is C18H22O2. The van der Waals surface area contributed by atoms with Gasteiger partial charge in [0, 0.05) is 12.0 Å². The van der Waals surface area contributed by atoms with E-state index >= 15 is 0 Å². The van der Waals surface area contributed by atoms with Gasteiger partial charge in [-0.3, -0.25) is 9.59 Å². The Morgan fingerprint density at radius 3 is 2.40 bits per heavy atom. The van der Waals surface area contributed by atoms with Gasteiger partial charge in [0.1, 0.15) is 5.41 Å². The number of benzene rings is 1. The molecule has 1 fully saturated rings. The lowest BCUT2D eigenvalue weighted by atomic mass is 9.71. The first-order chi connectivity index (χ1) is 9.48. The van der Waals surface area contributed by atoms with Crippen LogP contribution in [0.2, 0.25) is 0 Å². The van der Waals surface area contributed by atoms with Gasteiger partial charge >= 0.3 is 0 Å². The molecule has 106 valence electrons. The van der Waals surface area contributed by atoms with Crippen LogP contribution in [0.15, 0.2) is 42.5 Å². The maximum absolute atomic E-state index is 12.9. The van der Waals surface area contributed by atoms with Crippen molar-refractivity contribution in [1.29, 1.82) is 0 Å². The van der Waals surface area contributed by atoms with Crippen molar-refractivity contribution in [3.63, 3.8) is 0 Å². The molecule has 0 saturated heterocycles. The van der Waals surface area contributed by atoms with Crippen LogP contribution in [0.5, 0.6) is 0 Å². The summed E-state index contributed by atoms with van der Waals surface area (Å²) >= 11 is 0. The molecule has 0 aliphatic heterocycles. The van der Waals surface area contributed by atoms with E-state index in [9.17, 15) is 9.59 Å². The average molecular weight is 270 g/mol. The monoisotopic (exact) mass is 270 g/mol. The summed E-state index contributed by atoms with van der Waals surface area (Å²) in [4.78, 5) is 25.6. The van der Waals surface area contributed by atoms with Crippen molar-refractivity contribution in [2.45, 2.75) is 39.5 Å². The fraction of sp³-hybridized carbons (Fsp3) is 0.444. The topological polar surface area (TPSA) is 34.1 Å². The van der Waals surface area contributed by atoms with Gasteiger partial charge < -0.3 is 0 Å². The Balaban J connectivity index is 2.41. The summed E-state index contributed by atoms with van der Waals surface area (Å²) in [6, 6.07) is 9.14. The van der Waals surface area contributed by atoms with E-state index in [1.54, 1.807) is 12.1 Å². The van der Waals surface area contributed by atoms with Crippen LogP contribution in [0.3, 0.4) is 0 Å². The first-order valence-corrected chi connectivity index (χ1v) is 7.30. The summed E-state index contributed by atoms with van der Waals surface area (Å²) in [6.45, 7) is 8.06. The van der Waals surface area contributed by atoms with Gasteiger partial charge in [0.2, 0.25) is 0 Å². The van der Waals surface area contributed by atoms with Gasteiger partial charge in [-0.1, -0.05) is 56.3 Å². The van der Waals surface area contributed by atoms with Gasteiger partial charge in [0.15, 0.2) is 11.6 Å². The summed E-state index contributed by atoms with van der Waals surface area (Å²) < 4.78 is 0. The number of allylic oxidation sites excluding steroid dienone is 1. The number of carbonyl (C=O) groups excluding carboxylic acids is 2. The van der Waals surface area contributed by atoms with E-state index in [1.807, 2.05) is 32.0 Å². The molecule has 1 aliphatic carbocycles. The Bertz CT molecular complexity index is 528. The molecule has 1 aromatic carbocycles. The van der Waals surface area contributed by atoms with E-state index in [2.05, 4.69) is 6.58 Å². The zero-order valence-electron chi connectivity index (χ0n) is 12.3. The summed E-state index contributed by atoms with van der Waals surface area (Å²) in [6.07, 6.45) is 2.71. The molecule has 2 rings (SSSR count). The molecule has 2 nitrogen and oxygen atoms in total. The number of ketones is 2. The minimum atomic E-state index is -0.967. The van der Waals surface area contributed by atoms with Crippen LogP contribution in [-0.4, -0.2) is 11.6 Å². The Morgan fingerprint density at radius 2 is 1.90 bits per heavy atom. The molecular weight excluding hydrogens is 248 g/mol. The SMILES string of the molecule is C=C1CCC[C@]1(C(=O)CC(C)C)C(=O)c1ccccc1. The zero-order valence-corrected chi connectivity index (χ0v) is 12.3. The molecule has 0 radical (unpaired) electrons. The van der Waals surface area contributed by atoms with E-state index < -0.39 is 5.41 Å². The third kappa shape index (κ3) is 2.47. The molecule has 0 amide bonds. The maximum atomic E-state index is 12.9. The van der Waals surface area contributed by atoms with Crippen LogP contribution in [0.4, 0.5) is 0 Å². The lowest BCUT2D eigenvalue weighted by Gasteiger charge is -2.28. The molecule has 0 bridgehead atoms. The molecule has 0 unspecified atom stereocenters. The van der Waals surface area contributed by atoms with Gasteiger partial charge in [-0.2, -0.15) is 0 Å². The Labute approximate surface area is 120 Å². The van der Waals surface area contributed by atoms with Crippen molar-refractivity contribution >= 4 is 11.6 Å². The molecule has 2 heteroatoms. The van der Waals surface area contributed by atoms with E-state index in [4.69, 9.17) is 0 Å². The molecule has 0 N–H and O–H groups in total. The summed E-state index contributed by atoms with van der Waals surface area (Å²) in [7, 11) is 0. The lowest BCUT2D eigenvalue weighted by molar-refractivity contribution is -0.125. The summed E-state index contributed by atoms with van der Waals surface area (Å²) in [5, 5.41) is 0. The van der Waals surface area contributed by atoms with Crippen molar-refractivity contribution in [1.82, 2.24) is 0 Å². The molecule has 0 aromatic heterocycles. The minimum absolute atomic E-state index is 0.0452. The second-order valence-corrected chi connectivity index (χ2v) is 6.08. The third-order valence-electron chi connectivity index (χ3n) is 4.13. The Kier molecular flexibility index (Phi) is 4.22. The molecule has 0 spiro atoms. The lowest BCUT2D eigenvalue weighted by Crippen LogP contribution is -2.39. The first-order valence-electron chi connectivity index (χ1n) is 7.30. The molecule has 0 heterocycles. The van der Waals surface area contributed by atoms with Crippen LogP contribution in [0, 0.1) is 11.3 Å². The average Bonchev–Trinajstić information content (AvgIpc) is 2.81. The number of Topliss-reactive ketones (excluding diaryl/α,β-unsaturated/α-hetero) is 2. The van der Waals surface area contributed by atoms with Crippen molar-refractivity contribution in [3.05, 3.63) is 48.0 Å². The van der Waals surface area contributed by atoms with Gasteiger partial charge in [0.25, 0.3) is 0 Å². The summed E-state index contributed by atoms with van der Waals surface area (Å²) in [5.41, 5.74) is 0.454. The van der Waals surface area contributed by atoms with Gasteiger partial charge in [-0.05, 0) is 25.2 Å². The Morgan fingerprint density at radius 1 is 1.25 bits per heavy atom. The molecule has 1 saturated carbocycles. The minimum Gasteiger partial charge on any atom is -0.298 e. The van der Waals surface area contributed by atoms with Crippen LogP contribution < -0.4 is 0 Å². The van der Waals surface area contributed by atoms with Gasteiger partial charge in [-0.25, -0.2) is 0 Å². The largest absolute Gasteiger partial charge is 0.298 e. The normalized spacial score (nSPS) is 22.2. The van der Waals surface area contributed by atoms with E-state index in [1.165, 1.54) is 0 Å². The van der Waals surface area contributed by atoms with Crippen LogP contribution in [-0.2, 0) is 4.79 Å². The van der Waals surface area contributed by atoms with Gasteiger partial charge in [0.05, 0.1) is 0 Å². The quantitative estimate of drug-likeness (QED) is 0.456. The standard InChI is InChI=1S/C18H22O2/c1-13(2)12-16(19)18(11-7-8-14(18)3)17(20)15-9-5-4-6-10-15/h4-6,9-10,13H,3,7-8,11-12H2,1-2H3/t18-/m0/s1.